The summed E-state index contributed by atoms with van der Waals surface area (Å²) in [6.07, 6.45) is 4.21. The number of carbonyl (C=O) groups is 1. The number of ether oxygens (including phenoxy) is 2. The van der Waals surface area contributed by atoms with Crippen molar-refractivity contribution in [3.05, 3.63) is 0 Å². The van der Waals surface area contributed by atoms with Gasteiger partial charge in [0.2, 0.25) is 0 Å². The Morgan fingerprint density at radius 2 is 2.19 bits per heavy atom. The third-order valence-electron chi connectivity index (χ3n) is 6.84. The second kappa shape index (κ2) is 5.32. The van der Waals surface area contributed by atoms with Gasteiger partial charge < -0.3 is 14.6 Å². The van der Waals surface area contributed by atoms with Crippen molar-refractivity contribution in [1.82, 2.24) is 0 Å². The fraction of sp³-hybridized carbons (Fsp3) is 0.941. The number of rotatable bonds is 3. The molecule has 4 heteroatoms. The molecular formula is C17H28O4. The van der Waals surface area contributed by atoms with Gasteiger partial charge in [-0.15, -0.1) is 0 Å². The monoisotopic (exact) mass is 296 g/mol. The Hall–Kier alpha value is -0.450. The molecule has 4 nitrogen and oxygen atoms in total. The molecule has 0 unspecified atom stereocenters. The Labute approximate surface area is 127 Å². The van der Waals surface area contributed by atoms with Gasteiger partial charge in [-0.25, -0.2) is 0 Å². The van der Waals surface area contributed by atoms with Gasteiger partial charge in [0, 0.05) is 30.8 Å². The number of aliphatic hydroxyl groups excluding tert-OH is 1. The van der Waals surface area contributed by atoms with Crippen LogP contribution in [0.2, 0.25) is 0 Å². The van der Waals surface area contributed by atoms with E-state index in [1.165, 1.54) is 0 Å². The molecule has 0 bridgehead atoms. The molecule has 1 aliphatic heterocycles. The fourth-order valence-electron chi connectivity index (χ4n) is 5.50. The van der Waals surface area contributed by atoms with E-state index in [1.807, 2.05) is 6.92 Å². The third-order valence-corrected chi connectivity index (χ3v) is 6.84. The summed E-state index contributed by atoms with van der Waals surface area (Å²) in [5.74, 6) is 0.490. The SMILES string of the molecule is CCO[C@H]1C[C@@]23[C@H](CC[C@@H](C)[C@]2(C)CCC(=O)[C@H]3CO)O1. The maximum absolute atomic E-state index is 12.5. The predicted molar refractivity (Wildman–Crippen MR) is 78.7 cm³/mol. The first-order chi connectivity index (χ1) is 9.99. The first kappa shape index (κ1) is 15.4. The first-order valence-corrected chi connectivity index (χ1v) is 8.40. The maximum Gasteiger partial charge on any atom is 0.158 e. The zero-order valence-corrected chi connectivity index (χ0v) is 13.4. The average molecular weight is 296 g/mol. The molecule has 2 aliphatic carbocycles. The summed E-state index contributed by atoms with van der Waals surface area (Å²) in [7, 11) is 0. The van der Waals surface area contributed by atoms with Gasteiger partial charge >= 0.3 is 0 Å². The van der Waals surface area contributed by atoms with Crippen LogP contribution in [0.5, 0.6) is 0 Å². The second-order valence-corrected chi connectivity index (χ2v) is 7.35. The molecule has 21 heavy (non-hydrogen) atoms. The Morgan fingerprint density at radius 3 is 2.86 bits per heavy atom. The molecule has 6 atom stereocenters. The van der Waals surface area contributed by atoms with Crippen LogP contribution >= 0.6 is 0 Å². The predicted octanol–water partition coefficient (Wildman–Crippen LogP) is 2.53. The molecule has 1 heterocycles. The van der Waals surface area contributed by atoms with E-state index in [4.69, 9.17) is 9.47 Å². The highest BCUT2D eigenvalue weighted by molar-refractivity contribution is 5.83. The Morgan fingerprint density at radius 1 is 1.43 bits per heavy atom. The molecule has 3 rings (SSSR count). The molecule has 3 fully saturated rings. The van der Waals surface area contributed by atoms with Gasteiger partial charge in [-0.3, -0.25) is 4.79 Å². The van der Waals surface area contributed by atoms with Gasteiger partial charge in [0.25, 0.3) is 0 Å². The average Bonchev–Trinajstić information content (AvgIpc) is 2.81. The molecule has 2 saturated carbocycles. The molecule has 0 aromatic carbocycles. The van der Waals surface area contributed by atoms with Crippen LogP contribution in [0.4, 0.5) is 0 Å². The molecule has 1 N–H and O–H groups in total. The van der Waals surface area contributed by atoms with Crippen molar-refractivity contribution in [3.63, 3.8) is 0 Å². The number of Topliss-reactive ketones (excluding diaryl/α,β-unsaturated/α-hetero) is 1. The molecule has 3 aliphatic rings. The Kier molecular flexibility index (Phi) is 3.92. The molecule has 1 spiro atoms. The van der Waals surface area contributed by atoms with Crippen molar-refractivity contribution in [2.24, 2.45) is 22.7 Å². The first-order valence-electron chi connectivity index (χ1n) is 8.40. The van der Waals surface area contributed by atoms with E-state index >= 15 is 0 Å². The fourth-order valence-corrected chi connectivity index (χ4v) is 5.50. The smallest absolute Gasteiger partial charge is 0.158 e. The van der Waals surface area contributed by atoms with Gasteiger partial charge in [0.05, 0.1) is 12.7 Å². The van der Waals surface area contributed by atoms with E-state index < -0.39 is 0 Å². The molecule has 1 saturated heterocycles. The van der Waals surface area contributed by atoms with E-state index in [1.54, 1.807) is 0 Å². The minimum atomic E-state index is -0.283. The standard InChI is InChI=1S/C17H28O4/c1-4-20-15-9-17-12(10-18)13(19)7-8-16(17,3)11(2)5-6-14(17)21-15/h11-12,14-15,18H,4-10H2,1-3H3/t11-,12-,14+,15-,16+,17-/m1/s1. The van der Waals surface area contributed by atoms with Crippen molar-refractivity contribution in [2.75, 3.05) is 13.2 Å². The van der Waals surface area contributed by atoms with E-state index in [0.29, 0.717) is 18.9 Å². The highest BCUT2D eigenvalue weighted by atomic mass is 16.7. The van der Waals surface area contributed by atoms with E-state index in [2.05, 4.69) is 13.8 Å². The normalized spacial score (nSPS) is 49.8. The van der Waals surface area contributed by atoms with E-state index in [-0.39, 0.29) is 41.5 Å². The second-order valence-electron chi connectivity index (χ2n) is 7.35. The molecule has 0 aromatic rings. The lowest BCUT2D eigenvalue weighted by Crippen LogP contribution is -2.62. The summed E-state index contributed by atoms with van der Waals surface area (Å²) in [6.45, 7) is 7.16. The van der Waals surface area contributed by atoms with Crippen LogP contribution in [0.3, 0.4) is 0 Å². The summed E-state index contributed by atoms with van der Waals surface area (Å²) in [6, 6.07) is 0. The third kappa shape index (κ3) is 1.95. The zero-order chi connectivity index (χ0) is 15.3. The van der Waals surface area contributed by atoms with Crippen molar-refractivity contribution in [2.45, 2.75) is 65.3 Å². The van der Waals surface area contributed by atoms with Gasteiger partial charge in [0.15, 0.2) is 6.29 Å². The van der Waals surface area contributed by atoms with Crippen LogP contribution in [-0.4, -0.2) is 36.5 Å². The lowest BCUT2D eigenvalue weighted by molar-refractivity contribution is -0.185. The van der Waals surface area contributed by atoms with Gasteiger partial charge in [-0.2, -0.15) is 0 Å². The highest BCUT2D eigenvalue weighted by Gasteiger charge is 2.68. The molecule has 0 amide bonds. The van der Waals surface area contributed by atoms with Crippen LogP contribution in [-0.2, 0) is 14.3 Å². The van der Waals surface area contributed by atoms with Crippen LogP contribution in [0.15, 0.2) is 0 Å². The summed E-state index contributed by atoms with van der Waals surface area (Å²) >= 11 is 0. The van der Waals surface area contributed by atoms with Crippen molar-refractivity contribution < 1.29 is 19.4 Å². The van der Waals surface area contributed by atoms with Crippen LogP contribution < -0.4 is 0 Å². The number of aliphatic hydroxyl groups is 1. The van der Waals surface area contributed by atoms with E-state index in [9.17, 15) is 9.90 Å². The summed E-state index contributed by atoms with van der Waals surface area (Å²) < 4.78 is 11.9. The molecule has 0 radical (unpaired) electrons. The Bertz CT molecular complexity index is 423. The number of ketones is 1. The van der Waals surface area contributed by atoms with E-state index in [0.717, 1.165) is 25.7 Å². The van der Waals surface area contributed by atoms with Gasteiger partial charge in [-0.05, 0) is 37.5 Å². The number of hydrogen-bond acceptors (Lipinski definition) is 4. The van der Waals surface area contributed by atoms with Crippen LogP contribution in [0.25, 0.3) is 0 Å². The molecular weight excluding hydrogens is 268 g/mol. The van der Waals surface area contributed by atoms with Gasteiger partial charge in [0.1, 0.15) is 5.78 Å². The summed E-state index contributed by atoms with van der Waals surface area (Å²) in [5, 5.41) is 9.94. The highest BCUT2D eigenvalue weighted by Crippen LogP contribution is 2.67. The lowest BCUT2D eigenvalue weighted by Gasteiger charge is -2.61. The maximum atomic E-state index is 12.5. The minimum absolute atomic E-state index is 0.0525. The summed E-state index contributed by atoms with van der Waals surface area (Å²) in [5.41, 5.74) is -0.183. The molecule has 0 aromatic heterocycles. The molecule has 120 valence electrons. The minimum Gasteiger partial charge on any atom is -0.396 e. The zero-order valence-electron chi connectivity index (χ0n) is 13.4. The summed E-state index contributed by atoms with van der Waals surface area (Å²) in [4.78, 5) is 12.5. The largest absolute Gasteiger partial charge is 0.396 e. The van der Waals surface area contributed by atoms with Crippen LogP contribution in [0.1, 0.15) is 52.9 Å². The van der Waals surface area contributed by atoms with Crippen molar-refractivity contribution in [3.8, 4) is 0 Å². The van der Waals surface area contributed by atoms with Crippen LogP contribution in [0, 0.1) is 22.7 Å². The van der Waals surface area contributed by atoms with Crippen molar-refractivity contribution >= 4 is 5.78 Å². The number of hydrogen-bond donors (Lipinski definition) is 1. The number of carbonyl (C=O) groups excluding carboxylic acids is 1. The quantitative estimate of drug-likeness (QED) is 0.869. The lowest BCUT2D eigenvalue weighted by atomic mass is 9.42. The Balaban J connectivity index is 2.04. The van der Waals surface area contributed by atoms with Crippen molar-refractivity contribution in [1.29, 1.82) is 0 Å². The topological polar surface area (TPSA) is 55.8 Å². The van der Waals surface area contributed by atoms with Gasteiger partial charge in [-0.1, -0.05) is 13.8 Å².